The van der Waals surface area contributed by atoms with Gasteiger partial charge in [-0.25, -0.2) is 0 Å². The Kier molecular flexibility index (Phi) is 23.3. The first kappa shape index (κ1) is 27.3. The van der Waals surface area contributed by atoms with E-state index in [1.165, 1.54) is 83.5 Å². The Morgan fingerprint density at radius 1 is 0.667 bits per heavy atom. The quantitative estimate of drug-likeness (QED) is 0.210. The van der Waals surface area contributed by atoms with Crippen molar-refractivity contribution in [2.75, 3.05) is 18.8 Å². The Balaban J connectivity index is 0. The summed E-state index contributed by atoms with van der Waals surface area (Å²) >= 11 is 0. The molecular formula is C18H41CaNO3S. The zero-order valence-corrected chi connectivity index (χ0v) is 16.0. The van der Waals surface area contributed by atoms with E-state index in [0.717, 1.165) is 13.0 Å². The molecule has 0 atom stereocenters. The molecule has 0 rings (SSSR count). The van der Waals surface area contributed by atoms with Crippen molar-refractivity contribution in [3.63, 3.8) is 0 Å². The van der Waals surface area contributed by atoms with E-state index in [0.29, 0.717) is 6.54 Å². The van der Waals surface area contributed by atoms with Gasteiger partial charge in [0.15, 0.2) is 0 Å². The average molecular weight is 392 g/mol. The molecule has 144 valence electrons. The van der Waals surface area contributed by atoms with E-state index in [4.69, 9.17) is 4.55 Å². The topological polar surface area (TPSA) is 66.4 Å². The molecule has 0 unspecified atom stereocenters. The van der Waals surface area contributed by atoms with E-state index in [-0.39, 0.29) is 43.5 Å². The summed E-state index contributed by atoms with van der Waals surface area (Å²) < 4.78 is 29.6. The van der Waals surface area contributed by atoms with Crippen LogP contribution in [0.25, 0.3) is 0 Å². The van der Waals surface area contributed by atoms with Gasteiger partial charge in [0.2, 0.25) is 0 Å². The second-order valence-electron chi connectivity index (χ2n) is 6.63. The molecule has 6 heteroatoms. The number of unbranched alkanes of at least 4 members (excludes halogenated alkanes) is 13. The fraction of sp³-hybridized carbons (Fsp3) is 1.00. The van der Waals surface area contributed by atoms with Crippen LogP contribution in [0, 0.1) is 0 Å². The molecular weight excluding hydrogens is 350 g/mol. The van der Waals surface area contributed by atoms with Gasteiger partial charge in [0.05, 0.1) is 5.75 Å². The summed E-state index contributed by atoms with van der Waals surface area (Å²) in [4.78, 5) is 0. The molecule has 0 fully saturated rings. The predicted octanol–water partition coefficient (Wildman–Crippen LogP) is 4.03. The van der Waals surface area contributed by atoms with E-state index < -0.39 is 10.1 Å². The zero-order valence-electron chi connectivity index (χ0n) is 15.2. The van der Waals surface area contributed by atoms with Gasteiger partial charge in [-0.15, -0.1) is 0 Å². The van der Waals surface area contributed by atoms with Gasteiger partial charge < -0.3 is 5.32 Å². The Hall–Kier alpha value is 1.13. The monoisotopic (exact) mass is 391 g/mol. The van der Waals surface area contributed by atoms with E-state index in [1.807, 2.05) is 0 Å². The summed E-state index contributed by atoms with van der Waals surface area (Å²) in [6.07, 6.45) is 18.8. The maximum absolute atomic E-state index is 10.5. The summed E-state index contributed by atoms with van der Waals surface area (Å²) in [7, 11) is -3.81. The molecule has 0 amide bonds. The fourth-order valence-corrected chi connectivity index (χ4v) is 3.17. The molecule has 0 saturated heterocycles. The molecule has 0 aromatic carbocycles. The number of hydrogen-bond donors (Lipinski definition) is 2. The van der Waals surface area contributed by atoms with Crippen LogP contribution in [0.3, 0.4) is 0 Å². The van der Waals surface area contributed by atoms with Crippen LogP contribution in [-0.4, -0.2) is 69.6 Å². The van der Waals surface area contributed by atoms with Gasteiger partial charge in [0.1, 0.15) is 0 Å². The van der Waals surface area contributed by atoms with Gasteiger partial charge in [-0.3, -0.25) is 4.55 Å². The molecule has 0 bridgehead atoms. The fourth-order valence-electron chi connectivity index (χ4n) is 2.77. The molecule has 0 spiro atoms. The first-order valence-electron chi connectivity index (χ1n) is 9.72. The Labute approximate surface area is 180 Å². The van der Waals surface area contributed by atoms with Crippen LogP contribution >= 0.6 is 0 Å². The molecule has 4 nitrogen and oxygen atoms in total. The molecule has 0 aromatic rings. The SMILES string of the molecule is CCCCCCCCCCCCCCCCNCCS(=O)(=O)O.[CaH2]. The van der Waals surface area contributed by atoms with E-state index in [2.05, 4.69) is 12.2 Å². The second kappa shape index (κ2) is 20.4. The van der Waals surface area contributed by atoms with Crippen LogP contribution in [0.5, 0.6) is 0 Å². The first-order valence-corrected chi connectivity index (χ1v) is 11.3. The van der Waals surface area contributed by atoms with Crippen LogP contribution in [0.15, 0.2) is 0 Å². The third-order valence-corrected chi connectivity index (χ3v) is 4.96. The van der Waals surface area contributed by atoms with E-state index in [1.54, 1.807) is 0 Å². The van der Waals surface area contributed by atoms with Crippen molar-refractivity contribution in [2.45, 2.75) is 96.8 Å². The van der Waals surface area contributed by atoms with Crippen LogP contribution in [0.1, 0.15) is 96.8 Å². The van der Waals surface area contributed by atoms with Crippen molar-refractivity contribution in [3.8, 4) is 0 Å². The third kappa shape index (κ3) is 25.4. The van der Waals surface area contributed by atoms with E-state index in [9.17, 15) is 8.42 Å². The van der Waals surface area contributed by atoms with Crippen molar-refractivity contribution >= 4 is 47.9 Å². The Bertz CT molecular complexity index is 337. The third-order valence-electron chi connectivity index (χ3n) is 4.24. The minimum atomic E-state index is -3.81. The van der Waals surface area contributed by atoms with Crippen LogP contribution in [-0.2, 0) is 10.1 Å². The summed E-state index contributed by atoms with van der Waals surface area (Å²) in [5, 5.41) is 3.05. The molecule has 0 aliphatic heterocycles. The number of rotatable bonds is 18. The predicted molar refractivity (Wildman–Crippen MR) is 108 cm³/mol. The molecule has 2 N–H and O–H groups in total. The van der Waals surface area contributed by atoms with Gasteiger partial charge in [0, 0.05) is 6.54 Å². The maximum atomic E-state index is 10.5. The first-order chi connectivity index (χ1) is 11.1. The van der Waals surface area contributed by atoms with Crippen molar-refractivity contribution in [1.29, 1.82) is 0 Å². The van der Waals surface area contributed by atoms with Crippen LogP contribution < -0.4 is 5.32 Å². The standard InChI is InChI=1S/C18H39NO3S.Ca.2H/c1-2-3-4-5-6-7-8-9-10-11-12-13-14-15-16-19-17-18-23(20,21)22;;;/h19H,2-18H2,1H3,(H,20,21,22);;;. The molecule has 0 radical (unpaired) electrons. The zero-order chi connectivity index (χ0) is 17.2. The summed E-state index contributed by atoms with van der Waals surface area (Å²) in [5.74, 6) is -0.189. The van der Waals surface area contributed by atoms with Gasteiger partial charge in [-0.05, 0) is 13.0 Å². The van der Waals surface area contributed by atoms with Gasteiger partial charge >= 0.3 is 37.7 Å². The van der Waals surface area contributed by atoms with Crippen molar-refractivity contribution in [1.82, 2.24) is 5.32 Å². The molecule has 0 saturated carbocycles. The second-order valence-corrected chi connectivity index (χ2v) is 8.20. The Morgan fingerprint density at radius 3 is 1.42 bits per heavy atom. The molecule has 0 heterocycles. The molecule has 0 aliphatic rings. The van der Waals surface area contributed by atoms with Crippen LogP contribution in [0.2, 0.25) is 0 Å². The summed E-state index contributed by atoms with van der Waals surface area (Å²) in [6, 6.07) is 0. The minimum absolute atomic E-state index is 0. The number of hydrogen-bond acceptors (Lipinski definition) is 3. The van der Waals surface area contributed by atoms with E-state index >= 15 is 0 Å². The normalized spacial score (nSPS) is 11.4. The molecule has 0 aromatic heterocycles. The van der Waals surface area contributed by atoms with Crippen LogP contribution in [0.4, 0.5) is 0 Å². The Morgan fingerprint density at radius 2 is 1.04 bits per heavy atom. The molecule has 24 heavy (non-hydrogen) atoms. The van der Waals surface area contributed by atoms with Crippen molar-refractivity contribution < 1.29 is 13.0 Å². The summed E-state index contributed by atoms with van der Waals surface area (Å²) in [5.41, 5.74) is 0. The van der Waals surface area contributed by atoms with Crippen molar-refractivity contribution in [3.05, 3.63) is 0 Å². The van der Waals surface area contributed by atoms with Gasteiger partial charge in [-0.2, -0.15) is 8.42 Å². The number of nitrogens with one attached hydrogen (secondary N) is 1. The summed E-state index contributed by atoms with van der Waals surface area (Å²) in [6.45, 7) is 3.45. The molecule has 0 aliphatic carbocycles. The average Bonchev–Trinajstić information content (AvgIpc) is 2.49. The van der Waals surface area contributed by atoms with Gasteiger partial charge in [-0.1, -0.05) is 90.4 Å². The van der Waals surface area contributed by atoms with Crippen molar-refractivity contribution in [2.24, 2.45) is 0 Å². The van der Waals surface area contributed by atoms with Gasteiger partial charge in [0.25, 0.3) is 10.1 Å².